The molecule has 0 atom stereocenters. The predicted molar refractivity (Wildman–Crippen MR) is 132 cm³/mol. The van der Waals surface area contributed by atoms with Crippen LogP contribution in [0, 0.1) is 0 Å². The molecular formula is C28H40NO3. The minimum atomic E-state index is -0.993. The Labute approximate surface area is 194 Å². The van der Waals surface area contributed by atoms with Crippen LogP contribution in [0.25, 0.3) is 11.1 Å². The average Bonchev–Trinajstić information content (AvgIpc) is 2.82. The maximum atomic E-state index is 11.5. The average molecular weight is 439 g/mol. The molecule has 1 radical (unpaired) electrons. The molecule has 32 heavy (non-hydrogen) atoms. The summed E-state index contributed by atoms with van der Waals surface area (Å²) < 4.78 is 0. The number of hydrogen-bond donors (Lipinski definition) is 1. The van der Waals surface area contributed by atoms with Gasteiger partial charge in [0.25, 0.3) is 0 Å². The molecule has 0 aliphatic heterocycles. The van der Waals surface area contributed by atoms with E-state index in [0.717, 1.165) is 25.7 Å². The number of amides is 1. The molecule has 2 aromatic rings. The molecule has 0 saturated carbocycles. The van der Waals surface area contributed by atoms with Crippen molar-refractivity contribution in [3.8, 4) is 11.1 Å². The van der Waals surface area contributed by atoms with Crippen molar-refractivity contribution in [3.05, 3.63) is 60.7 Å². The van der Waals surface area contributed by atoms with Gasteiger partial charge in [-0.25, -0.2) is 9.90 Å². The van der Waals surface area contributed by atoms with E-state index in [1.165, 1.54) is 43.2 Å². The Balaban J connectivity index is 0.000000357. The predicted octanol–water partition coefficient (Wildman–Crippen LogP) is 7.11. The first-order chi connectivity index (χ1) is 15.6. The molecule has 2 rings (SSSR count). The van der Waals surface area contributed by atoms with Crippen molar-refractivity contribution >= 4 is 11.9 Å². The summed E-state index contributed by atoms with van der Waals surface area (Å²) in [5.41, 5.74) is 2.55. The number of benzene rings is 2. The highest BCUT2D eigenvalue weighted by atomic mass is 16.4. The zero-order valence-corrected chi connectivity index (χ0v) is 19.7. The quantitative estimate of drug-likeness (QED) is 0.301. The van der Waals surface area contributed by atoms with Gasteiger partial charge in [0.1, 0.15) is 0 Å². The molecule has 0 aromatic heterocycles. The maximum absolute atomic E-state index is 11.5. The number of nitrogens with one attached hydrogen (secondary N) is 1. The lowest BCUT2D eigenvalue weighted by Gasteiger charge is -2.05. The van der Waals surface area contributed by atoms with Gasteiger partial charge in [-0.15, -0.1) is 0 Å². The van der Waals surface area contributed by atoms with E-state index in [0.29, 0.717) is 19.4 Å². The fourth-order valence-corrected chi connectivity index (χ4v) is 3.39. The monoisotopic (exact) mass is 438 g/mol. The molecule has 4 nitrogen and oxygen atoms in total. The largest absolute Gasteiger partial charge is 0.356 e. The van der Waals surface area contributed by atoms with E-state index in [1.807, 2.05) is 12.1 Å². The van der Waals surface area contributed by atoms with Crippen LogP contribution in [0.2, 0.25) is 0 Å². The van der Waals surface area contributed by atoms with Crippen molar-refractivity contribution in [1.29, 1.82) is 0 Å². The summed E-state index contributed by atoms with van der Waals surface area (Å²) in [5.74, 6) is -0.869. The molecule has 0 heterocycles. The highest BCUT2D eigenvalue weighted by Crippen LogP contribution is 2.17. The Bertz CT molecular complexity index is 678. The second-order valence-corrected chi connectivity index (χ2v) is 8.14. The lowest BCUT2D eigenvalue weighted by molar-refractivity contribution is -0.143. The van der Waals surface area contributed by atoms with Crippen molar-refractivity contribution in [2.45, 2.75) is 84.0 Å². The SMILES string of the molecule is CCCCCCCCCC(=O)NCCCCCC([O])=O.c1ccc(-c2ccccc2)cc1. The van der Waals surface area contributed by atoms with Gasteiger partial charge in [0, 0.05) is 13.0 Å². The van der Waals surface area contributed by atoms with Crippen LogP contribution in [0.1, 0.15) is 84.0 Å². The Morgan fingerprint density at radius 2 is 1.09 bits per heavy atom. The topological polar surface area (TPSA) is 66.1 Å². The van der Waals surface area contributed by atoms with E-state index >= 15 is 0 Å². The van der Waals surface area contributed by atoms with Crippen LogP contribution in [0.15, 0.2) is 60.7 Å². The van der Waals surface area contributed by atoms with E-state index in [-0.39, 0.29) is 12.3 Å². The van der Waals surface area contributed by atoms with E-state index in [4.69, 9.17) is 0 Å². The highest BCUT2D eigenvalue weighted by Gasteiger charge is 2.02. The van der Waals surface area contributed by atoms with Gasteiger partial charge in [0.2, 0.25) is 5.91 Å². The van der Waals surface area contributed by atoms with Crippen molar-refractivity contribution in [2.24, 2.45) is 0 Å². The molecule has 0 aliphatic rings. The third-order valence-corrected chi connectivity index (χ3v) is 5.27. The van der Waals surface area contributed by atoms with Crippen LogP contribution in [0.3, 0.4) is 0 Å². The Morgan fingerprint density at radius 1 is 0.625 bits per heavy atom. The van der Waals surface area contributed by atoms with Gasteiger partial charge < -0.3 is 5.32 Å². The first-order valence-corrected chi connectivity index (χ1v) is 12.2. The van der Waals surface area contributed by atoms with E-state index in [1.54, 1.807) is 0 Å². The minimum Gasteiger partial charge on any atom is -0.356 e. The van der Waals surface area contributed by atoms with Crippen molar-refractivity contribution in [2.75, 3.05) is 6.54 Å². The maximum Gasteiger partial charge on any atom is 0.355 e. The number of rotatable bonds is 15. The van der Waals surface area contributed by atoms with Crippen LogP contribution in [0.5, 0.6) is 0 Å². The first kappa shape index (κ1) is 27.4. The van der Waals surface area contributed by atoms with Crippen LogP contribution < -0.4 is 5.32 Å². The fraction of sp³-hybridized carbons (Fsp3) is 0.500. The summed E-state index contributed by atoms with van der Waals surface area (Å²) >= 11 is 0. The highest BCUT2D eigenvalue weighted by molar-refractivity contribution is 5.75. The number of carbonyl (C=O) groups is 2. The minimum absolute atomic E-state index is 0.117. The molecule has 0 aliphatic carbocycles. The first-order valence-electron chi connectivity index (χ1n) is 12.2. The Morgan fingerprint density at radius 3 is 1.62 bits per heavy atom. The molecule has 175 valence electrons. The lowest BCUT2D eigenvalue weighted by Crippen LogP contribution is -2.23. The van der Waals surface area contributed by atoms with E-state index in [9.17, 15) is 14.7 Å². The number of unbranched alkanes of at least 4 members (excludes halogenated alkanes) is 8. The Kier molecular flexibility index (Phi) is 16.4. The molecule has 4 heteroatoms. The zero-order valence-electron chi connectivity index (χ0n) is 19.7. The molecule has 0 bridgehead atoms. The third-order valence-electron chi connectivity index (χ3n) is 5.27. The molecule has 1 N–H and O–H groups in total. The smallest absolute Gasteiger partial charge is 0.355 e. The van der Waals surface area contributed by atoms with Gasteiger partial charge in [0.15, 0.2) is 0 Å². The standard InChI is InChI=1S/C16H30NO3.C12H10/c1-2-3-4-5-6-7-9-12-15(18)17-14-11-8-10-13-16(19)20;1-3-7-11(8-4-1)12-9-5-2-6-10-12/h2-14H2,1H3,(H,17,18);1-10H. The number of hydrogen-bond acceptors (Lipinski definition) is 2. The van der Waals surface area contributed by atoms with Gasteiger partial charge in [-0.1, -0.05) is 113 Å². The second-order valence-electron chi connectivity index (χ2n) is 8.14. The van der Waals surface area contributed by atoms with Crippen LogP contribution in [-0.2, 0) is 14.7 Å². The lowest BCUT2D eigenvalue weighted by atomic mass is 10.1. The molecule has 0 spiro atoms. The summed E-state index contributed by atoms with van der Waals surface area (Å²) in [7, 11) is 0. The summed E-state index contributed by atoms with van der Waals surface area (Å²) in [6.45, 7) is 2.87. The second kappa shape index (κ2) is 19.1. The molecule has 0 saturated heterocycles. The summed E-state index contributed by atoms with van der Waals surface area (Å²) in [6, 6.07) is 20.8. The zero-order chi connectivity index (χ0) is 23.3. The summed E-state index contributed by atoms with van der Waals surface area (Å²) in [4.78, 5) is 21.7. The van der Waals surface area contributed by atoms with Gasteiger partial charge in [-0.2, -0.15) is 0 Å². The molecule has 1 amide bonds. The van der Waals surface area contributed by atoms with Gasteiger partial charge in [-0.05, 0) is 30.4 Å². The number of carbonyl (C=O) groups excluding carboxylic acids is 2. The van der Waals surface area contributed by atoms with Crippen molar-refractivity contribution in [3.63, 3.8) is 0 Å². The van der Waals surface area contributed by atoms with E-state index < -0.39 is 5.97 Å². The van der Waals surface area contributed by atoms with Crippen LogP contribution >= 0.6 is 0 Å². The Hall–Kier alpha value is -2.62. The van der Waals surface area contributed by atoms with Gasteiger partial charge >= 0.3 is 5.97 Å². The fourth-order valence-electron chi connectivity index (χ4n) is 3.39. The van der Waals surface area contributed by atoms with Gasteiger partial charge in [0.05, 0.1) is 6.42 Å². The van der Waals surface area contributed by atoms with Crippen LogP contribution in [-0.4, -0.2) is 18.4 Å². The van der Waals surface area contributed by atoms with Crippen molar-refractivity contribution < 1.29 is 14.7 Å². The molecule has 0 unspecified atom stereocenters. The van der Waals surface area contributed by atoms with Crippen molar-refractivity contribution in [1.82, 2.24) is 5.32 Å². The molecule has 0 fully saturated rings. The normalized spacial score (nSPS) is 10.2. The summed E-state index contributed by atoms with van der Waals surface area (Å²) in [6.07, 6.45) is 11.6. The van der Waals surface area contributed by atoms with Crippen LogP contribution in [0.4, 0.5) is 0 Å². The third kappa shape index (κ3) is 15.2. The summed E-state index contributed by atoms with van der Waals surface area (Å²) in [5, 5.41) is 13.1. The van der Waals surface area contributed by atoms with E-state index in [2.05, 4.69) is 60.8 Å². The van der Waals surface area contributed by atoms with Gasteiger partial charge in [-0.3, -0.25) is 4.79 Å². The molecule has 2 aromatic carbocycles. The molecular weight excluding hydrogens is 398 g/mol.